The SMILES string of the molecule is CCCCc1cc(=O)[nH]c(SCC(=O)Nc2cc(Cl)ccc2C)n1. The second kappa shape index (κ2) is 8.89. The average molecular weight is 366 g/mol. The molecule has 128 valence electrons. The third-order valence-corrected chi connectivity index (χ3v) is 4.48. The van der Waals surface area contributed by atoms with Crippen LogP contribution >= 0.6 is 23.4 Å². The van der Waals surface area contributed by atoms with Gasteiger partial charge >= 0.3 is 0 Å². The topological polar surface area (TPSA) is 74.8 Å². The van der Waals surface area contributed by atoms with Gasteiger partial charge in [-0.1, -0.05) is 42.8 Å². The summed E-state index contributed by atoms with van der Waals surface area (Å²) in [5.41, 5.74) is 2.19. The number of carbonyl (C=O) groups excluding carboxylic acids is 1. The second-order valence-corrected chi connectivity index (χ2v) is 6.84. The molecule has 2 aromatic rings. The van der Waals surface area contributed by atoms with Gasteiger partial charge in [0.1, 0.15) is 0 Å². The van der Waals surface area contributed by atoms with Crippen LogP contribution in [0.3, 0.4) is 0 Å². The summed E-state index contributed by atoms with van der Waals surface area (Å²) in [7, 11) is 0. The van der Waals surface area contributed by atoms with Crippen molar-refractivity contribution in [3.8, 4) is 0 Å². The average Bonchev–Trinajstić information content (AvgIpc) is 2.54. The molecule has 0 aliphatic carbocycles. The standard InChI is InChI=1S/C17H20ClN3O2S/c1-3-4-5-13-9-15(22)21-17(19-13)24-10-16(23)20-14-8-12(18)7-6-11(14)2/h6-9H,3-5,10H2,1-2H3,(H,20,23)(H,19,21,22). The van der Waals surface area contributed by atoms with Gasteiger partial charge in [0, 0.05) is 22.5 Å². The van der Waals surface area contributed by atoms with E-state index >= 15 is 0 Å². The van der Waals surface area contributed by atoms with Gasteiger partial charge in [0.25, 0.3) is 5.56 Å². The largest absolute Gasteiger partial charge is 0.325 e. The van der Waals surface area contributed by atoms with Crippen LogP contribution in [0, 0.1) is 6.92 Å². The maximum atomic E-state index is 12.1. The highest BCUT2D eigenvalue weighted by molar-refractivity contribution is 7.99. The van der Waals surface area contributed by atoms with Gasteiger partial charge in [-0.3, -0.25) is 9.59 Å². The zero-order chi connectivity index (χ0) is 17.5. The number of aromatic amines is 1. The molecule has 0 atom stereocenters. The van der Waals surface area contributed by atoms with Gasteiger partial charge in [0.2, 0.25) is 5.91 Å². The van der Waals surface area contributed by atoms with Gasteiger partial charge < -0.3 is 10.3 Å². The number of nitrogens with zero attached hydrogens (tertiary/aromatic N) is 1. The Kier molecular flexibility index (Phi) is 6.87. The van der Waals surface area contributed by atoms with E-state index in [9.17, 15) is 9.59 Å². The number of halogens is 1. The number of H-pyrrole nitrogens is 1. The number of aryl methyl sites for hydroxylation is 2. The Morgan fingerprint density at radius 1 is 1.38 bits per heavy atom. The van der Waals surface area contributed by atoms with Crippen molar-refractivity contribution < 1.29 is 4.79 Å². The molecule has 7 heteroatoms. The second-order valence-electron chi connectivity index (χ2n) is 5.44. The van der Waals surface area contributed by atoms with Crippen molar-refractivity contribution in [2.45, 2.75) is 38.3 Å². The molecule has 0 saturated carbocycles. The van der Waals surface area contributed by atoms with E-state index in [4.69, 9.17) is 11.6 Å². The highest BCUT2D eigenvalue weighted by Crippen LogP contribution is 2.21. The lowest BCUT2D eigenvalue weighted by atomic mass is 10.2. The molecule has 1 heterocycles. The van der Waals surface area contributed by atoms with Crippen molar-refractivity contribution in [1.29, 1.82) is 0 Å². The number of unbranched alkanes of at least 4 members (excludes halogenated alkanes) is 1. The molecule has 0 radical (unpaired) electrons. The first-order chi connectivity index (χ1) is 11.5. The molecule has 0 spiro atoms. The molecule has 0 aliphatic rings. The molecular formula is C17H20ClN3O2S. The van der Waals surface area contributed by atoms with Crippen LogP contribution in [0.4, 0.5) is 5.69 Å². The summed E-state index contributed by atoms with van der Waals surface area (Å²) in [5.74, 6) is -0.0152. The molecule has 0 unspecified atom stereocenters. The summed E-state index contributed by atoms with van der Waals surface area (Å²) < 4.78 is 0. The smallest absolute Gasteiger partial charge is 0.251 e. The number of rotatable bonds is 7. The van der Waals surface area contributed by atoms with E-state index in [2.05, 4.69) is 22.2 Å². The van der Waals surface area contributed by atoms with Gasteiger partial charge in [-0.2, -0.15) is 0 Å². The number of anilines is 1. The van der Waals surface area contributed by atoms with Crippen molar-refractivity contribution in [2.75, 3.05) is 11.1 Å². The minimum Gasteiger partial charge on any atom is -0.325 e. The van der Waals surface area contributed by atoms with E-state index in [1.807, 2.05) is 13.0 Å². The number of thioether (sulfide) groups is 1. The zero-order valence-electron chi connectivity index (χ0n) is 13.7. The fraction of sp³-hybridized carbons (Fsp3) is 0.353. The first-order valence-electron chi connectivity index (χ1n) is 7.77. The van der Waals surface area contributed by atoms with Crippen LogP contribution in [0.15, 0.2) is 34.2 Å². The number of carbonyl (C=O) groups is 1. The number of hydrogen-bond donors (Lipinski definition) is 2. The summed E-state index contributed by atoms with van der Waals surface area (Å²) in [6, 6.07) is 6.85. The van der Waals surface area contributed by atoms with Gasteiger partial charge in [-0.15, -0.1) is 0 Å². The Bertz CT molecular complexity index is 777. The van der Waals surface area contributed by atoms with E-state index in [1.165, 1.54) is 17.8 Å². The number of aromatic nitrogens is 2. The van der Waals surface area contributed by atoms with Crippen LogP contribution in [-0.2, 0) is 11.2 Å². The molecule has 0 fully saturated rings. The molecule has 24 heavy (non-hydrogen) atoms. The number of nitrogens with one attached hydrogen (secondary N) is 2. The van der Waals surface area contributed by atoms with Crippen LogP contribution in [0.2, 0.25) is 5.02 Å². The van der Waals surface area contributed by atoms with Gasteiger partial charge in [0.05, 0.1) is 5.75 Å². The fourth-order valence-electron chi connectivity index (χ4n) is 2.09. The van der Waals surface area contributed by atoms with Crippen molar-refractivity contribution in [2.24, 2.45) is 0 Å². The lowest BCUT2D eigenvalue weighted by Gasteiger charge is -2.08. The van der Waals surface area contributed by atoms with E-state index < -0.39 is 0 Å². The normalized spacial score (nSPS) is 10.6. The summed E-state index contributed by atoms with van der Waals surface area (Å²) in [5, 5.41) is 3.85. The monoisotopic (exact) mass is 365 g/mol. The molecule has 0 saturated heterocycles. The summed E-state index contributed by atoms with van der Waals surface area (Å²) in [6.45, 7) is 3.99. The predicted molar refractivity (Wildman–Crippen MR) is 99.0 cm³/mol. The maximum absolute atomic E-state index is 12.1. The Morgan fingerprint density at radius 2 is 2.17 bits per heavy atom. The Hall–Kier alpha value is -1.79. The number of benzene rings is 1. The van der Waals surface area contributed by atoms with Crippen molar-refractivity contribution in [1.82, 2.24) is 9.97 Å². The maximum Gasteiger partial charge on any atom is 0.251 e. The van der Waals surface area contributed by atoms with E-state index in [0.29, 0.717) is 15.9 Å². The Labute approximate surface area is 150 Å². The van der Waals surface area contributed by atoms with E-state index in [1.54, 1.807) is 12.1 Å². The fourth-order valence-corrected chi connectivity index (χ4v) is 2.95. The molecule has 0 aliphatic heterocycles. The minimum absolute atomic E-state index is 0.159. The van der Waals surface area contributed by atoms with Gasteiger partial charge in [-0.05, 0) is 37.5 Å². The Balaban J connectivity index is 1.97. The molecule has 1 aromatic carbocycles. The van der Waals surface area contributed by atoms with Crippen molar-refractivity contribution >= 4 is 35.0 Å². The van der Waals surface area contributed by atoms with Crippen LogP contribution in [0.1, 0.15) is 31.0 Å². The summed E-state index contributed by atoms with van der Waals surface area (Å²) >= 11 is 7.15. The molecule has 0 bridgehead atoms. The first kappa shape index (κ1) is 18.5. The van der Waals surface area contributed by atoms with Crippen LogP contribution < -0.4 is 10.9 Å². The van der Waals surface area contributed by atoms with Crippen molar-refractivity contribution in [3.05, 3.63) is 50.9 Å². The predicted octanol–water partition coefficient (Wildman–Crippen LogP) is 3.81. The third-order valence-electron chi connectivity index (χ3n) is 3.37. The molecule has 1 aromatic heterocycles. The molecule has 2 rings (SSSR count). The van der Waals surface area contributed by atoms with Gasteiger partial charge in [-0.25, -0.2) is 4.98 Å². The van der Waals surface area contributed by atoms with Gasteiger partial charge in [0.15, 0.2) is 5.16 Å². The number of amides is 1. The summed E-state index contributed by atoms with van der Waals surface area (Å²) in [4.78, 5) is 30.8. The number of hydrogen-bond acceptors (Lipinski definition) is 4. The lowest BCUT2D eigenvalue weighted by molar-refractivity contribution is -0.113. The molecular weight excluding hydrogens is 346 g/mol. The third kappa shape index (κ3) is 5.69. The molecule has 5 nitrogen and oxygen atoms in total. The van der Waals surface area contributed by atoms with E-state index in [-0.39, 0.29) is 17.2 Å². The van der Waals surface area contributed by atoms with Crippen molar-refractivity contribution in [3.63, 3.8) is 0 Å². The highest BCUT2D eigenvalue weighted by Gasteiger charge is 2.08. The van der Waals surface area contributed by atoms with E-state index in [0.717, 1.165) is 30.5 Å². The highest BCUT2D eigenvalue weighted by atomic mass is 35.5. The minimum atomic E-state index is -0.190. The zero-order valence-corrected chi connectivity index (χ0v) is 15.3. The molecule has 2 N–H and O–H groups in total. The molecule has 1 amide bonds. The van der Waals surface area contributed by atoms with Crippen LogP contribution in [-0.4, -0.2) is 21.6 Å². The van der Waals surface area contributed by atoms with Crippen LogP contribution in [0.5, 0.6) is 0 Å². The van der Waals surface area contributed by atoms with Crippen LogP contribution in [0.25, 0.3) is 0 Å². The Morgan fingerprint density at radius 3 is 2.92 bits per heavy atom. The quantitative estimate of drug-likeness (QED) is 0.578. The first-order valence-corrected chi connectivity index (χ1v) is 9.13. The summed E-state index contributed by atoms with van der Waals surface area (Å²) in [6.07, 6.45) is 2.79. The lowest BCUT2D eigenvalue weighted by Crippen LogP contribution is -2.16.